The number of rotatable bonds is 9. The Morgan fingerprint density at radius 3 is 2.50 bits per heavy atom. The lowest BCUT2D eigenvalue weighted by Gasteiger charge is -2.26. The molecule has 0 atom stereocenters. The molecule has 0 aliphatic heterocycles. The van der Waals surface area contributed by atoms with E-state index < -0.39 is 10.0 Å². The van der Waals surface area contributed by atoms with Crippen LogP contribution in [0.4, 0.5) is 0 Å². The summed E-state index contributed by atoms with van der Waals surface area (Å²) in [4.78, 5) is 0. The van der Waals surface area contributed by atoms with Gasteiger partial charge in [0.05, 0.1) is 5.75 Å². The van der Waals surface area contributed by atoms with E-state index in [1.807, 2.05) is 0 Å². The summed E-state index contributed by atoms with van der Waals surface area (Å²) in [5.41, 5.74) is 0. The van der Waals surface area contributed by atoms with E-state index in [2.05, 4.69) is 17.0 Å². The first-order valence-corrected chi connectivity index (χ1v) is 8.00. The Morgan fingerprint density at radius 2 is 1.94 bits per heavy atom. The highest BCUT2D eigenvalue weighted by Crippen LogP contribution is 2.19. The van der Waals surface area contributed by atoms with Crippen molar-refractivity contribution in [2.45, 2.75) is 51.5 Å². The van der Waals surface area contributed by atoms with Crippen molar-refractivity contribution in [3.63, 3.8) is 0 Å². The molecule has 1 fully saturated rings. The summed E-state index contributed by atoms with van der Waals surface area (Å²) in [6, 6.07) is 0.225. The van der Waals surface area contributed by atoms with E-state index in [0.717, 1.165) is 51.6 Å². The largest absolute Gasteiger partial charge is 0.317 e. The van der Waals surface area contributed by atoms with E-state index in [1.165, 1.54) is 0 Å². The average Bonchev–Trinajstić information content (AvgIpc) is 2.18. The zero-order chi connectivity index (χ0) is 11.9. The van der Waals surface area contributed by atoms with E-state index in [9.17, 15) is 8.42 Å². The summed E-state index contributed by atoms with van der Waals surface area (Å²) in [5, 5.41) is 3.27. The number of unbranched alkanes of at least 4 members (excludes halogenated alkanes) is 1. The van der Waals surface area contributed by atoms with Crippen molar-refractivity contribution in [1.82, 2.24) is 10.0 Å². The first-order chi connectivity index (χ1) is 7.64. The van der Waals surface area contributed by atoms with Gasteiger partial charge in [-0.05, 0) is 45.2 Å². The minimum Gasteiger partial charge on any atom is -0.317 e. The molecule has 0 saturated heterocycles. The zero-order valence-electron chi connectivity index (χ0n) is 10.2. The second kappa shape index (κ2) is 7.25. The number of hydrogen-bond donors (Lipinski definition) is 2. The van der Waals surface area contributed by atoms with Crippen molar-refractivity contribution in [2.75, 3.05) is 18.8 Å². The minimum absolute atomic E-state index is 0.225. The molecule has 0 aromatic rings. The molecule has 16 heavy (non-hydrogen) atoms. The van der Waals surface area contributed by atoms with Crippen LogP contribution in [0.3, 0.4) is 0 Å². The highest BCUT2D eigenvalue weighted by Gasteiger charge is 2.22. The SMILES string of the molecule is CCCNCCCCS(=O)(=O)NC1CCC1. The molecule has 1 aliphatic rings. The van der Waals surface area contributed by atoms with Gasteiger partial charge in [0.1, 0.15) is 0 Å². The molecule has 4 nitrogen and oxygen atoms in total. The Hall–Kier alpha value is -0.130. The predicted octanol–water partition coefficient (Wildman–Crippen LogP) is 1.24. The first-order valence-electron chi connectivity index (χ1n) is 6.35. The molecule has 0 radical (unpaired) electrons. The van der Waals surface area contributed by atoms with Gasteiger partial charge in [0, 0.05) is 6.04 Å². The summed E-state index contributed by atoms with van der Waals surface area (Å²) in [5.74, 6) is 0.275. The van der Waals surface area contributed by atoms with Gasteiger partial charge >= 0.3 is 0 Å². The maximum atomic E-state index is 11.6. The van der Waals surface area contributed by atoms with E-state index in [-0.39, 0.29) is 11.8 Å². The van der Waals surface area contributed by atoms with Crippen LogP contribution in [-0.4, -0.2) is 33.3 Å². The second-order valence-electron chi connectivity index (χ2n) is 4.52. The average molecular weight is 248 g/mol. The van der Waals surface area contributed by atoms with Crippen LogP contribution >= 0.6 is 0 Å². The third-order valence-corrected chi connectivity index (χ3v) is 4.41. The molecule has 1 aliphatic carbocycles. The van der Waals surface area contributed by atoms with Crippen LogP contribution in [0.5, 0.6) is 0 Å². The van der Waals surface area contributed by atoms with Crippen LogP contribution < -0.4 is 10.0 Å². The topological polar surface area (TPSA) is 58.2 Å². The smallest absolute Gasteiger partial charge is 0.211 e. The second-order valence-corrected chi connectivity index (χ2v) is 6.40. The quantitative estimate of drug-likeness (QED) is 0.604. The molecule has 0 aromatic heterocycles. The van der Waals surface area contributed by atoms with Crippen LogP contribution in [0.25, 0.3) is 0 Å². The molecule has 0 amide bonds. The molecule has 0 aromatic carbocycles. The molecular formula is C11H24N2O2S. The Balaban J connectivity index is 2.01. The van der Waals surface area contributed by atoms with Gasteiger partial charge in [0.15, 0.2) is 0 Å². The van der Waals surface area contributed by atoms with Crippen molar-refractivity contribution in [2.24, 2.45) is 0 Å². The van der Waals surface area contributed by atoms with Crippen molar-refractivity contribution in [3.05, 3.63) is 0 Å². The Morgan fingerprint density at radius 1 is 1.19 bits per heavy atom. The van der Waals surface area contributed by atoms with Crippen LogP contribution in [-0.2, 0) is 10.0 Å². The molecule has 1 saturated carbocycles. The van der Waals surface area contributed by atoms with E-state index >= 15 is 0 Å². The lowest BCUT2D eigenvalue weighted by molar-refractivity contribution is 0.383. The van der Waals surface area contributed by atoms with E-state index in [4.69, 9.17) is 0 Å². The molecule has 0 spiro atoms. The fourth-order valence-corrected chi connectivity index (χ4v) is 3.13. The predicted molar refractivity (Wildman–Crippen MR) is 67.0 cm³/mol. The lowest BCUT2D eigenvalue weighted by Crippen LogP contribution is -2.40. The maximum absolute atomic E-state index is 11.6. The molecule has 0 unspecified atom stereocenters. The van der Waals surface area contributed by atoms with E-state index in [0.29, 0.717) is 0 Å². The van der Waals surface area contributed by atoms with Crippen molar-refractivity contribution in [1.29, 1.82) is 0 Å². The molecule has 0 bridgehead atoms. The molecule has 2 N–H and O–H groups in total. The van der Waals surface area contributed by atoms with Gasteiger partial charge in [-0.1, -0.05) is 13.3 Å². The number of sulfonamides is 1. The summed E-state index contributed by atoms with van der Waals surface area (Å²) in [6.45, 7) is 4.07. The van der Waals surface area contributed by atoms with Crippen LogP contribution in [0.1, 0.15) is 45.4 Å². The van der Waals surface area contributed by atoms with Gasteiger partial charge in [-0.15, -0.1) is 0 Å². The third-order valence-electron chi connectivity index (χ3n) is 2.89. The standard InChI is InChI=1S/C11H24N2O2S/c1-2-8-12-9-3-4-10-16(14,15)13-11-6-5-7-11/h11-13H,2-10H2,1H3. The van der Waals surface area contributed by atoms with Gasteiger partial charge in [-0.2, -0.15) is 0 Å². The Labute approximate surface area is 99.2 Å². The van der Waals surface area contributed by atoms with Crippen LogP contribution in [0, 0.1) is 0 Å². The maximum Gasteiger partial charge on any atom is 0.211 e. The number of nitrogens with one attached hydrogen (secondary N) is 2. The van der Waals surface area contributed by atoms with Crippen molar-refractivity contribution >= 4 is 10.0 Å². The van der Waals surface area contributed by atoms with Crippen molar-refractivity contribution in [3.8, 4) is 0 Å². The summed E-state index contributed by atoms with van der Waals surface area (Å²) in [6.07, 6.45) is 5.99. The van der Waals surface area contributed by atoms with Crippen LogP contribution in [0.15, 0.2) is 0 Å². The fourth-order valence-electron chi connectivity index (χ4n) is 1.68. The summed E-state index contributed by atoms with van der Waals surface area (Å²) >= 11 is 0. The van der Waals surface area contributed by atoms with Gasteiger partial charge in [-0.25, -0.2) is 13.1 Å². The first kappa shape index (κ1) is 13.9. The van der Waals surface area contributed by atoms with Gasteiger partial charge in [0.2, 0.25) is 10.0 Å². The Kier molecular flexibility index (Phi) is 6.31. The molecule has 96 valence electrons. The van der Waals surface area contributed by atoms with Crippen molar-refractivity contribution < 1.29 is 8.42 Å². The summed E-state index contributed by atoms with van der Waals surface area (Å²) < 4.78 is 25.9. The fraction of sp³-hybridized carbons (Fsp3) is 1.00. The number of hydrogen-bond acceptors (Lipinski definition) is 3. The van der Waals surface area contributed by atoms with Crippen LogP contribution in [0.2, 0.25) is 0 Å². The van der Waals surface area contributed by atoms with Gasteiger partial charge in [-0.3, -0.25) is 0 Å². The molecule has 0 heterocycles. The van der Waals surface area contributed by atoms with Gasteiger partial charge in [0.25, 0.3) is 0 Å². The van der Waals surface area contributed by atoms with E-state index in [1.54, 1.807) is 0 Å². The minimum atomic E-state index is -3.01. The highest BCUT2D eigenvalue weighted by molar-refractivity contribution is 7.89. The normalized spacial score (nSPS) is 17.3. The molecule has 1 rings (SSSR count). The summed E-state index contributed by atoms with van der Waals surface area (Å²) in [7, 11) is -3.01. The highest BCUT2D eigenvalue weighted by atomic mass is 32.2. The molecular weight excluding hydrogens is 224 g/mol. The zero-order valence-corrected chi connectivity index (χ0v) is 11.0. The van der Waals surface area contributed by atoms with Gasteiger partial charge < -0.3 is 5.32 Å². The monoisotopic (exact) mass is 248 g/mol. The Bertz CT molecular complexity index is 274. The molecule has 5 heteroatoms. The lowest BCUT2D eigenvalue weighted by atomic mass is 9.94. The third kappa shape index (κ3) is 5.82.